The molecule has 0 saturated heterocycles. The summed E-state index contributed by atoms with van der Waals surface area (Å²) < 4.78 is 11.0. The summed E-state index contributed by atoms with van der Waals surface area (Å²) in [5, 5.41) is 10.9. The number of aliphatic hydroxyl groups is 1. The van der Waals surface area contributed by atoms with Crippen LogP contribution in [-0.4, -0.2) is 37.1 Å². The predicted octanol–water partition coefficient (Wildman–Crippen LogP) is 2.68. The maximum absolute atomic E-state index is 12.8. The van der Waals surface area contributed by atoms with Gasteiger partial charge in [0.1, 0.15) is 5.78 Å². The summed E-state index contributed by atoms with van der Waals surface area (Å²) in [7, 11) is 1.58. The quantitative estimate of drug-likeness (QED) is 0.724. The van der Waals surface area contributed by atoms with Crippen molar-refractivity contribution in [3.8, 4) is 11.5 Å². The number of anilines is 1. The molecule has 1 atom stereocenters. The minimum Gasteiger partial charge on any atom is -0.493 e. The van der Waals surface area contributed by atoms with Crippen LogP contribution in [0.5, 0.6) is 11.5 Å². The molecule has 1 aliphatic rings. The number of para-hydroxylation sites is 3. The van der Waals surface area contributed by atoms with Gasteiger partial charge in [0.2, 0.25) is 0 Å². The van der Waals surface area contributed by atoms with Crippen LogP contribution in [-0.2, 0) is 15.2 Å². The lowest BCUT2D eigenvalue weighted by Gasteiger charge is -2.22. The number of hydrogen-bond donors (Lipinski definition) is 1. The molecule has 3 rings (SSSR count). The fourth-order valence-electron chi connectivity index (χ4n) is 3.40. The third-order valence-electron chi connectivity index (χ3n) is 4.60. The molecule has 6 heteroatoms. The van der Waals surface area contributed by atoms with Crippen molar-refractivity contribution in [2.24, 2.45) is 0 Å². The van der Waals surface area contributed by atoms with Gasteiger partial charge in [-0.25, -0.2) is 0 Å². The molecule has 0 saturated carbocycles. The Morgan fingerprint density at radius 1 is 1.11 bits per heavy atom. The van der Waals surface area contributed by atoms with Crippen molar-refractivity contribution in [1.29, 1.82) is 0 Å². The number of fused-ring (bicyclic) bond motifs is 1. The van der Waals surface area contributed by atoms with Gasteiger partial charge >= 0.3 is 0 Å². The minimum absolute atomic E-state index is 0.225. The summed E-state index contributed by atoms with van der Waals surface area (Å²) in [4.78, 5) is 26.0. The van der Waals surface area contributed by atoms with E-state index in [9.17, 15) is 14.7 Å². The van der Waals surface area contributed by atoms with E-state index >= 15 is 0 Å². The molecule has 0 radical (unpaired) electrons. The summed E-state index contributed by atoms with van der Waals surface area (Å²) in [6.45, 7) is 2.14. The van der Waals surface area contributed by atoms with Crippen molar-refractivity contribution in [3.05, 3.63) is 54.1 Å². The van der Waals surface area contributed by atoms with Gasteiger partial charge < -0.3 is 19.5 Å². The summed E-state index contributed by atoms with van der Waals surface area (Å²) in [6.07, 6.45) is 0.339. The Balaban J connectivity index is 1.68. The van der Waals surface area contributed by atoms with E-state index in [0.29, 0.717) is 42.3 Å². The molecule has 0 fully saturated rings. The van der Waals surface area contributed by atoms with Crippen molar-refractivity contribution in [3.63, 3.8) is 0 Å². The minimum atomic E-state index is -1.79. The largest absolute Gasteiger partial charge is 0.493 e. The van der Waals surface area contributed by atoms with Crippen molar-refractivity contribution >= 4 is 17.4 Å². The second kappa shape index (κ2) is 7.80. The van der Waals surface area contributed by atoms with Crippen LogP contribution in [0, 0.1) is 0 Å². The molecule has 0 bridgehead atoms. The molecule has 1 N–H and O–H groups in total. The van der Waals surface area contributed by atoms with Crippen LogP contribution < -0.4 is 14.4 Å². The number of methoxy groups -OCH3 is 1. The first-order valence-electron chi connectivity index (χ1n) is 8.86. The predicted molar refractivity (Wildman–Crippen MR) is 101 cm³/mol. The molecule has 0 aliphatic carbocycles. The molecule has 0 aromatic heterocycles. The molecule has 0 spiro atoms. The van der Waals surface area contributed by atoms with E-state index in [4.69, 9.17) is 9.47 Å². The summed E-state index contributed by atoms with van der Waals surface area (Å²) in [5.74, 6) is 0.593. The van der Waals surface area contributed by atoms with Crippen LogP contribution in [0.2, 0.25) is 0 Å². The van der Waals surface area contributed by atoms with E-state index in [1.165, 1.54) is 11.8 Å². The second-order valence-electron chi connectivity index (χ2n) is 6.57. The number of amides is 1. The monoisotopic (exact) mass is 369 g/mol. The Labute approximate surface area is 158 Å². The highest BCUT2D eigenvalue weighted by Crippen LogP contribution is 2.42. The third-order valence-corrected chi connectivity index (χ3v) is 4.60. The Morgan fingerprint density at radius 3 is 2.48 bits per heavy atom. The average Bonchev–Trinajstić information content (AvgIpc) is 2.86. The van der Waals surface area contributed by atoms with Crippen LogP contribution in [0.1, 0.15) is 25.3 Å². The molecule has 1 amide bonds. The highest BCUT2D eigenvalue weighted by atomic mass is 16.5. The van der Waals surface area contributed by atoms with E-state index in [1.54, 1.807) is 25.3 Å². The van der Waals surface area contributed by atoms with Gasteiger partial charge in [-0.15, -0.1) is 0 Å². The summed E-state index contributed by atoms with van der Waals surface area (Å²) in [6, 6.07) is 14.4. The second-order valence-corrected chi connectivity index (χ2v) is 6.57. The molecule has 1 heterocycles. The zero-order valence-electron chi connectivity index (χ0n) is 15.5. The lowest BCUT2D eigenvalue weighted by molar-refractivity contribution is -0.141. The number of carbonyl (C=O) groups is 2. The number of nitrogens with zero attached hydrogens (tertiary/aromatic N) is 1. The molecule has 6 nitrogen and oxygen atoms in total. The van der Waals surface area contributed by atoms with Crippen LogP contribution in [0.3, 0.4) is 0 Å². The van der Waals surface area contributed by atoms with Crippen LogP contribution in [0.25, 0.3) is 0 Å². The fraction of sp³-hybridized carbons (Fsp3) is 0.333. The molecular formula is C21H23NO5. The summed E-state index contributed by atoms with van der Waals surface area (Å²) in [5.41, 5.74) is -0.661. The molecule has 2 aromatic carbocycles. The highest BCUT2D eigenvalue weighted by molar-refractivity contribution is 6.08. The Hall–Kier alpha value is -2.86. The van der Waals surface area contributed by atoms with Crippen LogP contribution >= 0.6 is 0 Å². The Bertz CT molecular complexity index is 850. The van der Waals surface area contributed by atoms with E-state index in [-0.39, 0.29) is 12.2 Å². The van der Waals surface area contributed by atoms with Gasteiger partial charge in [-0.1, -0.05) is 30.3 Å². The van der Waals surface area contributed by atoms with E-state index in [2.05, 4.69) is 0 Å². The van der Waals surface area contributed by atoms with Gasteiger partial charge in [0.05, 0.1) is 19.4 Å². The lowest BCUT2D eigenvalue weighted by Crippen LogP contribution is -2.42. The smallest absolute Gasteiger partial charge is 0.264 e. The summed E-state index contributed by atoms with van der Waals surface area (Å²) >= 11 is 0. The molecule has 0 unspecified atom stereocenters. The van der Waals surface area contributed by atoms with Crippen LogP contribution in [0.15, 0.2) is 48.5 Å². The molecule has 142 valence electrons. The van der Waals surface area contributed by atoms with Gasteiger partial charge in [-0.05, 0) is 31.5 Å². The Morgan fingerprint density at radius 2 is 1.78 bits per heavy atom. The molecule has 1 aliphatic heterocycles. The number of rotatable bonds is 8. The number of benzene rings is 2. The van der Waals surface area contributed by atoms with Crippen molar-refractivity contribution < 1.29 is 24.2 Å². The molecule has 2 aromatic rings. The first kappa shape index (κ1) is 18.9. The average molecular weight is 369 g/mol. The topological polar surface area (TPSA) is 76.1 Å². The van der Waals surface area contributed by atoms with Crippen LogP contribution in [0.4, 0.5) is 5.69 Å². The third kappa shape index (κ3) is 3.66. The van der Waals surface area contributed by atoms with Crippen molar-refractivity contribution in [2.45, 2.75) is 25.4 Å². The van der Waals surface area contributed by atoms with Crippen molar-refractivity contribution in [1.82, 2.24) is 0 Å². The Kier molecular flexibility index (Phi) is 5.46. The zero-order valence-corrected chi connectivity index (χ0v) is 15.5. The van der Waals surface area contributed by atoms with E-state index in [0.717, 1.165) is 0 Å². The number of ether oxygens (including phenoxy) is 2. The number of ketones is 1. The highest BCUT2D eigenvalue weighted by Gasteiger charge is 2.49. The fourth-order valence-corrected chi connectivity index (χ4v) is 3.40. The SMILES string of the molecule is COc1ccccc1OCCCN1C(=O)[C@](O)(CC(C)=O)c2ccccc21. The number of hydrogen-bond acceptors (Lipinski definition) is 5. The lowest BCUT2D eigenvalue weighted by atomic mass is 9.90. The maximum atomic E-state index is 12.8. The standard InChI is InChI=1S/C21H23NO5/c1-15(23)14-21(25)16-8-3-4-9-17(16)22(20(21)24)12-7-13-27-19-11-6-5-10-18(19)26-2/h3-6,8-11,25H,7,12-14H2,1-2H3/t21-/m0/s1. The first-order valence-corrected chi connectivity index (χ1v) is 8.86. The van der Waals surface area contributed by atoms with Gasteiger partial charge in [-0.2, -0.15) is 0 Å². The number of carbonyl (C=O) groups excluding carboxylic acids is 2. The van der Waals surface area contributed by atoms with Gasteiger partial charge in [0, 0.05) is 18.5 Å². The maximum Gasteiger partial charge on any atom is 0.264 e. The normalized spacial score (nSPS) is 18.3. The molecular weight excluding hydrogens is 346 g/mol. The first-order chi connectivity index (χ1) is 13.0. The van der Waals surface area contributed by atoms with Gasteiger partial charge in [-0.3, -0.25) is 9.59 Å². The van der Waals surface area contributed by atoms with Crippen molar-refractivity contribution in [2.75, 3.05) is 25.2 Å². The number of Topliss-reactive ketones (excluding diaryl/α,β-unsaturated/α-hetero) is 1. The van der Waals surface area contributed by atoms with E-state index in [1.807, 2.05) is 30.3 Å². The van der Waals surface area contributed by atoms with Gasteiger partial charge in [0.25, 0.3) is 5.91 Å². The molecule has 27 heavy (non-hydrogen) atoms. The van der Waals surface area contributed by atoms with E-state index < -0.39 is 11.5 Å². The zero-order chi connectivity index (χ0) is 19.4. The van der Waals surface area contributed by atoms with Gasteiger partial charge in [0.15, 0.2) is 17.1 Å².